The Kier molecular flexibility index (Phi) is 3.14. The van der Waals surface area contributed by atoms with Crippen LogP contribution >= 0.6 is 0 Å². The van der Waals surface area contributed by atoms with Crippen molar-refractivity contribution < 1.29 is 24.6 Å². The molecule has 27 heavy (non-hydrogen) atoms. The van der Waals surface area contributed by atoms with Gasteiger partial charge in [0.2, 0.25) is 5.66 Å². The average molecular weight is 370 g/mol. The number of aliphatic hydroxyl groups excluding tert-OH is 2. The summed E-state index contributed by atoms with van der Waals surface area (Å²) in [7, 11) is 2.11. The van der Waals surface area contributed by atoms with E-state index in [4.69, 9.17) is 0 Å². The summed E-state index contributed by atoms with van der Waals surface area (Å²) < 4.78 is 0.522. The Morgan fingerprint density at radius 2 is 2.19 bits per heavy atom. The lowest BCUT2D eigenvalue weighted by Gasteiger charge is -2.60. The molecule has 6 heteroatoms. The van der Waals surface area contributed by atoms with Crippen molar-refractivity contribution in [2.24, 2.45) is 11.3 Å². The van der Waals surface area contributed by atoms with Crippen molar-refractivity contribution in [3.8, 4) is 0 Å². The van der Waals surface area contributed by atoms with Crippen molar-refractivity contribution in [2.45, 2.75) is 36.9 Å². The van der Waals surface area contributed by atoms with E-state index in [0.29, 0.717) is 23.9 Å². The van der Waals surface area contributed by atoms with Crippen LogP contribution in [0.1, 0.15) is 25.3 Å². The van der Waals surface area contributed by atoms with Crippen molar-refractivity contribution in [2.75, 3.05) is 32.1 Å². The Balaban J connectivity index is 1.97. The average Bonchev–Trinajstić information content (AvgIpc) is 3.06. The van der Waals surface area contributed by atoms with Crippen LogP contribution in [-0.2, 0) is 10.2 Å². The number of carboxylic acids is 1. The zero-order chi connectivity index (χ0) is 19.2. The summed E-state index contributed by atoms with van der Waals surface area (Å²) >= 11 is 0. The van der Waals surface area contributed by atoms with Gasteiger partial charge in [-0.15, -0.1) is 0 Å². The summed E-state index contributed by atoms with van der Waals surface area (Å²) in [4.78, 5) is 12.8. The van der Waals surface area contributed by atoms with E-state index in [1.807, 2.05) is 37.3 Å². The number of anilines is 1. The first-order chi connectivity index (χ1) is 12.8. The number of para-hydroxylation sites is 1. The molecule has 4 heterocycles. The minimum Gasteiger partial charge on any atom is -0.549 e. The molecule has 0 aromatic heterocycles. The van der Waals surface area contributed by atoms with E-state index in [0.717, 1.165) is 23.4 Å². The molecule has 1 aromatic carbocycles. The zero-order valence-corrected chi connectivity index (χ0v) is 15.7. The highest BCUT2D eigenvalue weighted by Crippen LogP contribution is 2.73. The van der Waals surface area contributed by atoms with Gasteiger partial charge in [-0.3, -0.25) is 4.48 Å². The van der Waals surface area contributed by atoms with E-state index in [2.05, 4.69) is 12.4 Å². The van der Waals surface area contributed by atoms with E-state index in [-0.39, 0.29) is 0 Å². The summed E-state index contributed by atoms with van der Waals surface area (Å²) in [5.74, 6) is -1.66. The molecule has 6 rings (SSSR count). The van der Waals surface area contributed by atoms with Gasteiger partial charge in [0, 0.05) is 18.0 Å². The van der Waals surface area contributed by atoms with Gasteiger partial charge in [-0.2, -0.15) is 0 Å². The van der Waals surface area contributed by atoms with Gasteiger partial charge < -0.3 is 25.4 Å². The number of benzene rings is 1. The fourth-order valence-corrected chi connectivity index (χ4v) is 7.52. The standard InChI is InChI=1S/C21H26N2O4/c1-3-13-11-23(2)9-8-20-14-6-4-5-7-16(14)22-21(20,23)17(25)10-15(13)19(20,12-24)18(26)27/h3-7,15,17,22,24-25H,8-12H2,1-2H3/b13-3-/t15-,17+,19?,20-,21-,23?/m0/s1. The number of quaternary nitrogens is 1. The number of nitrogens with zero attached hydrogens (tertiary/aromatic N) is 1. The smallest absolute Gasteiger partial charge is 0.210 e. The number of hydrogen-bond donors (Lipinski definition) is 3. The lowest BCUT2D eigenvalue weighted by atomic mass is 9.45. The molecule has 2 unspecified atom stereocenters. The number of nitrogens with one attached hydrogen (secondary N) is 1. The van der Waals surface area contributed by atoms with Crippen LogP contribution in [0.15, 0.2) is 35.9 Å². The molecule has 6 atom stereocenters. The van der Waals surface area contributed by atoms with Crippen molar-refractivity contribution in [3.05, 3.63) is 41.5 Å². The predicted molar refractivity (Wildman–Crippen MR) is 97.4 cm³/mol. The first kappa shape index (κ1) is 17.2. The monoisotopic (exact) mass is 370 g/mol. The number of aliphatic hydroxyl groups is 2. The minimum atomic E-state index is -1.47. The second-order valence-electron chi connectivity index (χ2n) is 8.95. The van der Waals surface area contributed by atoms with E-state index < -0.39 is 41.1 Å². The Morgan fingerprint density at radius 1 is 1.44 bits per heavy atom. The lowest BCUT2D eigenvalue weighted by Crippen LogP contribution is -2.79. The van der Waals surface area contributed by atoms with Gasteiger partial charge in [0.05, 0.1) is 37.0 Å². The zero-order valence-electron chi connectivity index (χ0n) is 15.7. The second-order valence-corrected chi connectivity index (χ2v) is 8.95. The SMILES string of the molecule is C/C=C1/C[N+]2(C)CC[C@@]34c5ccccc5N[C@]32[C@H](O)C[C@@H]1C4(CO)C(=O)[O-]. The normalized spacial score (nSPS) is 48.1. The molecule has 144 valence electrons. The Morgan fingerprint density at radius 3 is 2.85 bits per heavy atom. The maximum atomic E-state index is 12.8. The summed E-state index contributed by atoms with van der Waals surface area (Å²) in [5.41, 5.74) is -0.526. The molecule has 3 N–H and O–H groups in total. The first-order valence-electron chi connectivity index (χ1n) is 9.72. The summed E-state index contributed by atoms with van der Waals surface area (Å²) in [5, 5.41) is 38.6. The van der Waals surface area contributed by atoms with Gasteiger partial charge in [-0.05, 0) is 30.5 Å². The van der Waals surface area contributed by atoms with Crippen molar-refractivity contribution in [1.29, 1.82) is 0 Å². The largest absolute Gasteiger partial charge is 0.549 e. The molecule has 1 saturated carbocycles. The van der Waals surface area contributed by atoms with Crippen LogP contribution in [0, 0.1) is 11.3 Å². The topological polar surface area (TPSA) is 92.6 Å². The number of carboxylic acid groups (broad SMARTS) is 1. The lowest BCUT2D eigenvalue weighted by molar-refractivity contribution is -0.944. The maximum Gasteiger partial charge on any atom is 0.210 e. The third-order valence-electron chi connectivity index (χ3n) is 8.46. The van der Waals surface area contributed by atoms with Crippen LogP contribution in [0.4, 0.5) is 5.69 Å². The van der Waals surface area contributed by atoms with Crippen LogP contribution in [0.3, 0.4) is 0 Å². The summed E-state index contributed by atoms with van der Waals surface area (Å²) in [6.07, 6.45) is 2.16. The molecule has 3 saturated heterocycles. The molecule has 1 aliphatic carbocycles. The molecule has 4 aliphatic heterocycles. The van der Waals surface area contributed by atoms with Crippen molar-refractivity contribution in [3.63, 3.8) is 0 Å². The van der Waals surface area contributed by atoms with Gasteiger partial charge in [0.15, 0.2) is 0 Å². The van der Waals surface area contributed by atoms with Crippen LogP contribution < -0.4 is 10.4 Å². The van der Waals surface area contributed by atoms with Crippen molar-refractivity contribution in [1.82, 2.24) is 0 Å². The molecule has 0 amide bonds. The van der Waals surface area contributed by atoms with Gasteiger partial charge >= 0.3 is 0 Å². The van der Waals surface area contributed by atoms with E-state index in [1.165, 1.54) is 0 Å². The Labute approximate surface area is 158 Å². The fraction of sp³-hybridized carbons (Fsp3) is 0.571. The number of aliphatic carboxylic acids is 1. The van der Waals surface area contributed by atoms with E-state index in [1.54, 1.807) is 0 Å². The predicted octanol–water partition coefficient (Wildman–Crippen LogP) is -0.0342. The molecule has 0 radical (unpaired) electrons. The highest BCUT2D eigenvalue weighted by atomic mass is 16.4. The number of carbonyl (C=O) groups excluding carboxylic acids is 1. The molecular formula is C21H26N2O4. The number of allylic oxidation sites excluding steroid dienone is 1. The van der Waals surface area contributed by atoms with Crippen LogP contribution in [-0.4, -0.2) is 59.2 Å². The van der Waals surface area contributed by atoms with Gasteiger partial charge in [-0.1, -0.05) is 24.3 Å². The fourth-order valence-electron chi connectivity index (χ4n) is 7.52. The van der Waals surface area contributed by atoms with Crippen molar-refractivity contribution >= 4 is 11.7 Å². The number of rotatable bonds is 2. The second kappa shape index (κ2) is 4.93. The van der Waals surface area contributed by atoms with Gasteiger partial charge in [0.25, 0.3) is 0 Å². The van der Waals surface area contributed by atoms with Crippen LogP contribution in [0.25, 0.3) is 0 Å². The molecule has 6 nitrogen and oxygen atoms in total. The number of carbonyl (C=O) groups is 1. The Bertz CT molecular complexity index is 885. The quantitative estimate of drug-likeness (QED) is 0.502. The number of hydrogen-bond acceptors (Lipinski definition) is 5. The van der Waals surface area contributed by atoms with E-state index in [9.17, 15) is 20.1 Å². The third kappa shape index (κ3) is 1.45. The molecule has 4 fully saturated rings. The molecule has 4 bridgehead atoms. The molecular weight excluding hydrogens is 344 g/mol. The first-order valence-corrected chi connectivity index (χ1v) is 9.72. The van der Waals surface area contributed by atoms with Gasteiger partial charge in [-0.25, -0.2) is 0 Å². The minimum absolute atomic E-state index is 0.310. The highest BCUT2D eigenvalue weighted by Gasteiger charge is 2.86. The summed E-state index contributed by atoms with van der Waals surface area (Å²) in [6, 6.07) is 7.74. The summed E-state index contributed by atoms with van der Waals surface area (Å²) in [6.45, 7) is 2.82. The van der Waals surface area contributed by atoms with Crippen LogP contribution in [0.2, 0.25) is 0 Å². The Hall–Kier alpha value is -1.89. The maximum absolute atomic E-state index is 12.8. The van der Waals surface area contributed by atoms with E-state index >= 15 is 0 Å². The van der Waals surface area contributed by atoms with Crippen LogP contribution in [0.5, 0.6) is 0 Å². The third-order valence-corrected chi connectivity index (χ3v) is 8.46. The molecule has 1 spiro atoms. The number of fused-ring (bicyclic) bond motifs is 3. The molecule has 1 aromatic rings. The number of likely N-dealkylation sites (N-methyl/N-ethyl adjacent to an activating group) is 1. The van der Waals surface area contributed by atoms with Gasteiger partial charge in [0.1, 0.15) is 12.6 Å². The highest BCUT2D eigenvalue weighted by molar-refractivity contribution is 5.82. The molecule has 5 aliphatic rings.